The van der Waals surface area contributed by atoms with Crippen LogP contribution in [0, 0.1) is 0 Å². The van der Waals surface area contributed by atoms with Gasteiger partial charge in [0.15, 0.2) is 5.56 Å². The van der Waals surface area contributed by atoms with E-state index >= 15 is 0 Å². The summed E-state index contributed by atoms with van der Waals surface area (Å²) in [5, 5.41) is 11.6. The number of aliphatic hydroxyl groups is 1. The maximum absolute atomic E-state index is 8.88. The summed E-state index contributed by atoms with van der Waals surface area (Å²) in [6.45, 7) is 2.09. The minimum Gasteiger partial charge on any atom is -0.369 e. The second kappa shape index (κ2) is 7.25. The van der Waals surface area contributed by atoms with Crippen LogP contribution in [0.4, 0.5) is 0 Å². The molecule has 13 heavy (non-hydrogen) atoms. The lowest BCUT2D eigenvalue weighted by molar-refractivity contribution is 0.219. The van der Waals surface area contributed by atoms with Gasteiger partial charge >= 0.3 is 0 Å². The molecule has 0 fully saturated rings. The molecule has 0 amide bonds. The Bertz CT molecular complexity index is 135. The van der Waals surface area contributed by atoms with Crippen molar-refractivity contribution in [3.05, 3.63) is 0 Å². The molecule has 0 spiro atoms. The van der Waals surface area contributed by atoms with Gasteiger partial charge in [-0.05, 0) is 26.8 Å². The highest BCUT2D eigenvalue weighted by atomic mass is 32.1. The van der Waals surface area contributed by atoms with Crippen LogP contribution in [0.3, 0.4) is 0 Å². The van der Waals surface area contributed by atoms with Gasteiger partial charge in [-0.2, -0.15) is 12.6 Å². The van der Waals surface area contributed by atoms with Crippen LogP contribution >= 0.6 is 38.1 Å². The number of hydrogen-bond donors (Lipinski definition) is 5. The molecule has 0 aliphatic rings. The summed E-state index contributed by atoms with van der Waals surface area (Å²) >= 11 is 12.2. The fraction of sp³-hybridized carbons (Fsp3) is 1.00. The van der Waals surface area contributed by atoms with Crippen molar-refractivity contribution in [3.63, 3.8) is 0 Å². The first-order valence-corrected chi connectivity index (χ1v) is 5.58. The van der Waals surface area contributed by atoms with Crippen molar-refractivity contribution in [1.29, 1.82) is 0 Å². The second-order valence-electron chi connectivity index (χ2n) is 3.06. The molecule has 0 aromatic heterocycles. The largest absolute Gasteiger partial charge is 0.369 e. The fourth-order valence-corrected chi connectivity index (χ4v) is 1.54. The standard InChI is InChI=1S/C7H18N2OS3/c1-5(9(2)13)3-4-6(11)8-7(10)12/h5-8,10-13H,3-4H2,1-2H3. The van der Waals surface area contributed by atoms with E-state index in [9.17, 15) is 0 Å². The van der Waals surface area contributed by atoms with Gasteiger partial charge in [0, 0.05) is 6.04 Å². The van der Waals surface area contributed by atoms with Crippen molar-refractivity contribution < 1.29 is 5.11 Å². The van der Waals surface area contributed by atoms with E-state index in [0.29, 0.717) is 6.04 Å². The van der Waals surface area contributed by atoms with Crippen molar-refractivity contribution in [2.75, 3.05) is 7.05 Å². The molecule has 3 unspecified atom stereocenters. The number of hydrogen-bond acceptors (Lipinski definition) is 6. The van der Waals surface area contributed by atoms with Crippen molar-refractivity contribution >= 4 is 38.1 Å². The van der Waals surface area contributed by atoms with Crippen LogP contribution in [0.5, 0.6) is 0 Å². The Morgan fingerprint density at radius 3 is 2.31 bits per heavy atom. The normalized spacial score (nSPS) is 18.7. The lowest BCUT2D eigenvalue weighted by Crippen LogP contribution is -2.32. The average molecular weight is 242 g/mol. The summed E-state index contributed by atoms with van der Waals surface area (Å²) in [6, 6.07) is 0.400. The minimum absolute atomic E-state index is 0.0248. The summed E-state index contributed by atoms with van der Waals surface area (Å²) < 4.78 is 1.86. The van der Waals surface area contributed by atoms with E-state index in [1.165, 1.54) is 0 Å². The molecule has 2 N–H and O–H groups in total. The molecule has 3 atom stereocenters. The number of rotatable bonds is 6. The number of nitrogens with zero attached hydrogens (tertiary/aromatic N) is 1. The predicted octanol–water partition coefficient (Wildman–Crippen LogP) is 0.983. The van der Waals surface area contributed by atoms with Crippen LogP contribution in [-0.4, -0.2) is 33.4 Å². The van der Waals surface area contributed by atoms with Crippen molar-refractivity contribution in [3.8, 4) is 0 Å². The lowest BCUT2D eigenvalue weighted by Gasteiger charge is -2.21. The average Bonchev–Trinajstić information content (AvgIpc) is 1.98. The zero-order chi connectivity index (χ0) is 10.4. The first kappa shape index (κ1) is 13.9. The van der Waals surface area contributed by atoms with Crippen LogP contribution in [-0.2, 0) is 0 Å². The van der Waals surface area contributed by atoms with Gasteiger partial charge in [0.05, 0.1) is 5.37 Å². The van der Waals surface area contributed by atoms with Gasteiger partial charge in [0.1, 0.15) is 0 Å². The lowest BCUT2D eigenvalue weighted by atomic mass is 10.2. The van der Waals surface area contributed by atoms with Gasteiger partial charge in [0.2, 0.25) is 0 Å². The summed E-state index contributed by atoms with van der Waals surface area (Å²) in [5.41, 5.74) is -0.800. The molecular weight excluding hydrogens is 224 g/mol. The molecule has 0 aromatic carbocycles. The molecule has 0 radical (unpaired) electrons. The quantitative estimate of drug-likeness (QED) is 0.356. The zero-order valence-corrected chi connectivity index (χ0v) is 10.6. The van der Waals surface area contributed by atoms with Crippen molar-refractivity contribution in [1.82, 2.24) is 9.62 Å². The Morgan fingerprint density at radius 1 is 1.38 bits per heavy atom. The van der Waals surface area contributed by atoms with Crippen LogP contribution < -0.4 is 5.32 Å². The third-order valence-corrected chi connectivity index (χ3v) is 2.79. The molecule has 0 saturated carbocycles. The maximum Gasteiger partial charge on any atom is 0.151 e. The molecule has 80 valence electrons. The highest BCUT2D eigenvalue weighted by Crippen LogP contribution is 2.10. The SMILES string of the molecule is CC(CCC(S)NC(O)S)N(C)S. The maximum atomic E-state index is 8.88. The molecule has 0 aromatic rings. The smallest absolute Gasteiger partial charge is 0.151 e. The highest BCUT2D eigenvalue weighted by Gasteiger charge is 2.10. The molecular formula is C7H18N2OS3. The van der Waals surface area contributed by atoms with Crippen molar-refractivity contribution in [2.24, 2.45) is 0 Å². The summed E-state index contributed by atoms with van der Waals surface area (Å²) in [6.07, 6.45) is 1.84. The Morgan fingerprint density at radius 2 is 1.92 bits per heavy atom. The van der Waals surface area contributed by atoms with Gasteiger partial charge < -0.3 is 5.11 Å². The Labute approximate surface area is 96.6 Å². The zero-order valence-electron chi connectivity index (χ0n) is 7.88. The Hall–Kier alpha value is 0.930. The molecule has 0 bridgehead atoms. The molecule has 0 aliphatic carbocycles. The first-order valence-electron chi connectivity index (χ1n) is 4.15. The van der Waals surface area contributed by atoms with E-state index in [2.05, 4.69) is 50.3 Å². The van der Waals surface area contributed by atoms with Gasteiger partial charge in [-0.1, -0.05) is 12.8 Å². The van der Waals surface area contributed by atoms with E-state index in [0.717, 1.165) is 12.8 Å². The van der Waals surface area contributed by atoms with Gasteiger partial charge in [-0.15, -0.1) is 12.6 Å². The summed E-state index contributed by atoms with van der Waals surface area (Å²) in [4.78, 5) is 0. The molecule has 0 heterocycles. The minimum atomic E-state index is -0.800. The molecule has 6 heteroatoms. The molecule has 0 saturated heterocycles. The molecule has 3 nitrogen and oxygen atoms in total. The molecule has 0 rings (SSSR count). The van der Waals surface area contributed by atoms with Gasteiger partial charge in [0.25, 0.3) is 0 Å². The number of thiol groups is 3. The third-order valence-electron chi connectivity index (χ3n) is 1.84. The van der Waals surface area contributed by atoms with Gasteiger partial charge in [-0.3, -0.25) is 9.62 Å². The monoisotopic (exact) mass is 242 g/mol. The highest BCUT2D eigenvalue weighted by molar-refractivity contribution is 7.81. The van der Waals surface area contributed by atoms with Crippen LogP contribution in [0.2, 0.25) is 0 Å². The summed E-state index contributed by atoms with van der Waals surface area (Å²) in [5.74, 6) is 0. The summed E-state index contributed by atoms with van der Waals surface area (Å²) in [7, 11) is 1.92. The van der Waals surface area contributed by atoms with Crippen LogP contribution in [0.25, 0.3) is 0 Å². The Kier molecular flexibility index (Phi) is 7.77. The van der Waals surface area contributed by atoms with Crippen LogP contribution in [0.1, 0.15) is 19.8 Å². The van der Waals surface area contributed by atoms with E-state index in [1.807, 2.05) is 11.4 Å². The van der Waals surface area contributed by atoms with E-state index in [-0.39, 0.29) is 5.37 Å². The third kappa shape index (κ3) is 7.96. The van der Waals surface area contributed by atoms with E-state index in [1.54, 1.807) is 0 Å². The number of nitrogens with one attached hydrogen (secondary N) is 1. The van der Waals surface area contributed by atoms with Crippen LogP contribution in [0.15, 0.2) is 0 Å². The molecule has 0 aliphatic heterocycles. The van der Waals surface area contributed by atoms with Gasteiger partial charge in [-0.25, -0.2) is 0 Å². The first-order chi connectivity index (χ1) is 5.93. The van der Waals surface area contributed by atoms with E-state index < -0.39 is 5.56 Å². The predicted molar refractivity (Wildman–Crippen MR) is 66.3 cm³/mol. The second-order valence-corrected chi connectivity index (χ2v) is 4.80. The Balaban J connectivity index is 3.51. The van der Waals surface area contributed by atoms with Crippen molar-refractivity contribution in [2.45, 2.75) is 36.7 Å². The topological polar surface area (TPSA) is 35.5 Å². The fourth-order valence-electron chi connectivity index (χ4n) is 0.841. The van der Waals surface area contributed by atoms with E-state index in [4.69, 9.17) is 5.11 Å². The number of aliphatic hydroxyl groups excluding tert-OH is 1.